The van der Waals surface area contributed by atoms with Gasteiger partial charge in [-0.1, -0.05) is 29.4 Å². The van der Waals surface area contributed by atoms with Crippen LogP contribution in [0.4, 0.5) is 0 Å². The third-order valence-electron chi connectivity index (χ3n) is 4.68. The van der Waals surface area contributed by atoms with Gasteiger partial charge in [0.05, 0.1) is 0 Å². The molecule has 0 aromatic heterocycles. The van der Waals surface area contributed by atoms with Crippen molar-refractivity contribution in [1.29, 1.82) is 0 Å². The molecule has 0 fully saturated rings. The second-order valence-electron chi connectivity index (χ2n) is 7.83. The first kappa shape index (κ1) is 23.6. The van der Waals surface area contributed by atoms with Crippen LogP contribution in [0.5, 0.6) is 28.7 Å². The highest BCUT2D eigenvalue weighted by Gasteiger charge is 2.18. The maximum atomic E-state index is 12.6. The van der Waals surface area contributed by atoms with Crippen LogP contribution >= 0.6 is 0 Å². The predicted molar refractivity (Wildman–Crippen MR) is 121 cm³/mol. The molecule has 6 heteroatoms. The lowest BCUT2D eigenvalue weighted by molar-refractivity contribution is 0.104. The molecule has 0 heterocycles. The first-order chi connectivity index (χ1) is 14.5. The normalized spacial score (nSPS) is 10.8. The fourth-order valence-corrected chi connectivity index (χ4v) is 3.01. The van der Waals surface area contributed by atoms with Gasteiger partial charge in [-0.05, 0) is 58.2 Å². The highest BCUT2D eigenvalue weighted by molar-refractivity contribution is 6.10. The molecule has 0 saturated heterocycles. The van der Waals surface area contributed by atoms with Gasteiger partial charge < -0.3 is 25.5 Å². The van der Waals surface area contributed by atoms with Gasteiger partial charge in [-0.3, -0.25) is 4.79 Å². The van der Waals surface area contributed by atoms with Gasteiger partial charge in [0.15, 0.2) is 17.3 Å². The summed E-state index contributed by atoms with van der Waals surface area (Å²) in [6.07, 6.45) is 7.17. The number of carbonyl (C=O) groups is 1. The average Bonchev–Trinajstić information content (AvgIpc) is 2.65. The third kappa shape index (κ3) is 5.92. The minimum absolute atomic E-state index is 0.202. The van der Waals surface area contributed by atoms with Gasteiger partial charge in [-0.25, -0.2) is 0 Å². The number of rotatable bonds is 7. The van der Waals surface area contributed by atoms with E-state index in [1.165, 1.54) is 6.08 Å². The highest BCUT2D eigenvalue weighted by atomic mass is 16.3. The molecule has 2 rings (SSSR count). The van der Waals surface area contributed by atoms with E-state index in [9.17, 15) is 30.3 Å². The summed E-state index contributed by atoms with van der Waals surface area (Å²) in [7, 11) is 0. The standard InChI is InChI=1S/C25H28O6/c1-14(2)5-7-17-11-16(19(9-6-15(3)4)25(31)24(17)30)8-10-20(27)23-21(28)12-18(26)13-22(23)29/h5-6,8,10-13,26,28-31H,7,9H2,1-4H3/b10-8+. The Morgan fingerprint density at radius 2 is 1.35 bits per heavy atom. The summed E-state index contributed by atoms with van der Waals surface area (Å²) in [5.74, 6) is -2.59. The predicted octanol–water partition coefficient (Wildman–Crippen LogP) is 5.13. The molecule has 0 saturated carbocycles. The molecule has 0 atom stereocenters. The number of benzene rings is 2. The zero-order valence-electron chi connectivity index (χ0n) is 18.1. The number of phenolic OH excluding ortho intramolecular Hbond substituents is 5. The summed E-state index contributed by atoms with van der Waals surface area (Å²) in [6.45, 7) is 7.68. The molecule has 0 amide bonds. The first-order valence-corrected chi connectivity index (χ1v) is 9.82. The van der Waals surface area contributed by atoms with Gasteiger partial charge in [0.2, 0.25) is 0 Å². The van der Waals surface area contributed by atoms with Gasteiger partial charge in [-0.15, -0.1) is 0 Å². The van der Waals surface area contributed by atoms with Gasteiger partial charge in [0.1, 0.15) is 22.8 Å². The molecule has 0 aliphatic rings. The molecule has 2 aromatic carbocycles. The third-order valence-corrected chi connectivity index (χ3v) is 4.68. The molecular formula is C25H28O6. The Labute approximate surface area is 181 Å². The summed E-state index contributed by atoms with van der Waals surface area (Å²) in [6, 6.07) is 3.62. The van der Waals surface area contributed by atoms with Crippen molar-refractivity contribution in [3.8, 4) is 28.7 Å². The van der Waals surface area contributed by atoms with Crippen LogP contribution in [-0.4, -0.2) is 31.3 Å². The van der Waals surface area contributed by atoms with Crippen molar-refractivity contribution in [1.82, 2.24) is 0 Å². The first-order valence-electron chi connectivity index (χ1n) is 9.82. The van der Waals surface area contributed by atoms with Crippen LogP contribution in [0.25, 0.3) is 6.08 Å². The number of ketones is 1. The zero-order chi connectivity index (χ0) is 23.3. The number of allylic oxidation sites excluding steroid dienone is 5. The Hall–Kier alpha value is -3.67. The molecule has 164 valence electrons. The van der Waals surface area contributed by atoms with Crippen molar-refractivity contribution in [2.24, 2.45) is 0 Å². The van der Waals surface area contributed by atoms with Crippen LogP contribution < -0.4 is 0 Å². The number of carbonyl (C=O) groups excluding carboxylic acids is 1. The molecule has 0 aliphatic heterocycles. The Kier molecular flexibility index (Phi) is 7.53. The topological polar surface area (TPSA) is 118 Å². The van der Waals surface area contributed by atoms with Crippen molar-refractivity contribution in [3.63, 3.8) is 0 Å². The fraction of sp³-hybridized carbons (Fsp3) is 0.240. The molecule has 0 unspecified atom stereocenters. The van der Waals surface area contributed by atoms with Crippen molar-refractivity contribution in [2.75, 3.05) is 0 Å². The maximum absolute atomic E-state index is 12.6. The fourth-order valence-electron chi connectivity index (χ4n) is 3.01. The van der Waals surface area contributed by atoms with E-state index in [0.717, 1.165) is 29.4 Å². The van der Waals surface area contributed by atoms with E-state index >= 15 is 0 Å². The zero-order valence-corrected chi connectivity index (χ0v) is 18.1. The molecule has 5 N–H and O–H groups in total. The van der Waals surface area contributed by atoms with E-state index in [1.807, 2.05) is 39.8 Å². The van der Waals surface area contributed by atoms with E-state index in [-0.39, 0.29) is 22.8 Å². The second kappa shape index (κ2) is 9.89. The second-order valence-corrected chi connectivity index (χ2v) is 7.83. The molecule has 31 heavy (non-hydrogen) atoms. The van der Waals surface area contributed by atoms with Crippen molar-refractivity contribution in [3.05, 3.63) is 69.8 Å². The Morgan fingerprint density at radius 1 is 0.806 bits per heavy atom. The Balaban J connectivity index is 2.55. The van der Waals surface area contributed by atoms with Crippen LogP contribution in [0, 0.1) is 0 Å². The van der Waals surface area contributed by atoms with E-state index in [2.05, 4.69) is 0 Å². The highest BCUT2D eigenvalue weighted by Crippen LogP contribution is 2.38. The average molecular weight is 424 g/mol. The van der Waals surface area contributed by atoms with E-state index in [4.69, 9.17) is 0 Å². The van der Waals surface area contributed by atoms with Gasteiger partial charge in [-0.2, -0.15) is 0 Å². The molecule has 0 bridgehead atoms. The molecule has 0 radical (unpaired) electrons. The van der Waals surface area contributed by atoms with Crippen molar-refractivity contribution in [2.45, 2.75) is 40.5 Å². The quantitative estimate of drug-likeness (QED) is 0.182. The number of aromatic hydroxyl groups is 5. The van der Waals surface area contributed by atoms with Crippen LogP contribution in [0.15, 0.2) is 47.6 Å². The molecule has 0 spiro atoms. The monoisotopic (exact) mass is 424 g/mol. The maximum Gasteiger partial charge on any atom is 0.193 e. The Bertz CT molecular complexity index is 1060. The summed E-state index contributed by atoms with van der Waals surface area (Å²) < 4.78 is 0. The molecule has 0 aliphatic carbocycles. The Morgan fingerprint density at radius 3 is 1.90 bits per heavy atom. The SMILES string of the molecule is CC(C)=CCc1cc(/C=C/C(=O)c2c(O)cc(O)cc2O)c(CC=C(C)C)c(O)c1O. The minimum atomic E-state index is -0.679. The van der Waals surface area contributed by atoms with Crippen LogP contribution in [0.2, 0.25) is 0 Å². The summed E-state index contributed by atoms with van der Waals surface area (Å²) in [5.41, 5.74) is 3.21. The van der Waals surface area contributed by atoms with Crippen LogP contribution in [0.3, 0.4) is 0 Å². The lowest BCUT2D eigenvalue weighted by Gasteiger charge is -2.13. The smallest absolute Gasteiger partial charge is 0.193 e. The largest absolute Gasteiger partial charge is 0.508 e. The molecule has 2 aromatic rings. The summed E-state index contributed by atoms with van der Waals surface area (Å²) in [5, 5.41) is 50.3. The minimum Gasteiger partial charge on any atom is -0.508 e. The van der Waals surface area contributed by atoms with Gasteiger partial charge in [0.25, 0.3) is 0 Å². The lowest BCUT2D eigenvalue weighted by atomic mass is 9.95. The van der Waals surface area contributed by atoms with E-state index in [1.54, 1.807) is 6.07 Å². The van der Waals surface area contributed by atoms with Crippen molar-refractivity contribution >= 4 is 11.9 Å². The lowest BCUT2D eigenvalue weighted by Crippen LogP contribution is -1.98. The molecule has 6 nitrogen and oxygen atoms in total. The number of hydrogen-bond acceptors (Lipinski definition) is 6. The van der Waals surface area contributed by atoms with E-state index < -0.39 is 17.3 Å². The number of hydrogen-bond donors (Lipinski definition) is 5. The summed E-state index contributed by atoms with van der Waals surface area (Å²) in [4.78, 5) is 12.6. The van der Waals surface area contributed by atoms with Crippen LogP contribution in [0.1, 0.15) is 54.7 Å². The van der Waals surface area contributed by atoms with Crippen molar-refractivity contribution < 1.29 is 30.3 Å². The van der Waals surface area contributed by atoms with Crippen LogP contribution in [-0.2, 0) is 12.8 Å². The molecular weight excluding hydrogens is 396 g/mol. The number of phenols is 5. The van der Waals surface area contributed by atoms with E-state index in [0.29, 0.717) is 29.5 Å². The van der Waals surface area contributed by atoms with Gasteiger partial charge in [0, 0.05) is 23.3 Å². The summed E-state index contributed by atoms with van der Waals surface area (Å²) >= 11 is 0. The van der Waals surface area contributed by atoms with Gasteiger partial charge >= 0.3 is 0 Å².